The highest BCUT2D eigenvalue weighted by Gasteiger charge is 2.49. The molecule has 7 N–H and O–H groups in total. The van der Waals surface area contributed by atoms with Gasteiger partial charge in [-0.1, -0.05) is 0 Å². The van der Waals surface area contributed by atoms with Crippen LogP contribution in [0.15, 0.2) is 0 Å². The molecule has 0 amide bonds. The molecule has 0 bridgehead atoms. The molecule has 2 aliphatic heterocycles. The first-order valence-electron chi connectivity index (χ1n) is 7.03. The van der Waals surface area contributed by atoms with Gasteiger partial charge in [-0.15, -0.1) is 0 Å². The van der Waals surface area contributed by atoms with E-state index in [1.165, 1.54) is 0 Å². The summed E-state index contributed by atoms with van der Waals surface area (Å²) >= 11 is 0. The highest BCUT2D eigenvalue weighted by Crippen LogP contribution is 2.28. The van der Waals surface area contributed by atoms with Crippen molar-refractivity contribution in [3.8, 4) is 0 Å². The predicted molar refractivity (Wildman–Crippen MR) is 67.5 cm³/mol. The molecule has 2 heterocycles. The van der Waals surface area contributed by atoms with Crippen LogP contribution in [0.2, 0.25) is 0 Å². The van der Waals surface area contributed by atoms with Gasteiger partial charge in [0.1, 0.15) is 55.5 Å². The van der Waals surface area contributed by atoms with Crippen molar-refractivity contribution in [1.29, 1.82) is 0 Å². The highest BCUT2D eigenvalue weighted by molar-refractivity contribution is 4.92. The Morgan fingerprint density at radius 3 is 1.57 bits per heavy atom. The molecule has 0 aromatic heterocycles. The van der Waals surface area contributed by atoms with Crippen molar-refractivity contribution in [2.24, 2.45) is 0 Å². The first kappa shape index (κ1) is 18.9. The largest absolute Gasteiger partial charge is 0.394 e. The zero-order valence-corrected chi connectivity index (χ0v) is 11.9. The fourth-order valence-electron chi connectivity index (χ4n) is 2.47. The zero-order chi connectivity index (χ0) is 17.3. The summed E-state index contributed by atoms with van der Waals surface area (Å²) in [7, 11) is 0. The minimum absolute atomic E-state index is 0.687. The minimum atomic E-state index is -1.78. The highest BCUT2D eigenvalue weighted by atomic mass is 19.1. The van der Waals surface area contributed by atoms with Crippen molar-refractivity contribution >= 4 is 0 Å². The molecule has 2 aliphatic rings. The smallest absolute Gasteiger partial charge is 0.189 e. The lowest BCUT2D eigenvalue weighted by atomic mass is 9.98. The normalized spacial score (nSPS) is 51.7. The minimum Gasteiger partial charge on any atom is -0.394 e. The Hall–Kier alpha value is -0.470. The van der Waals surface area contributed by atoms with Gasteiger partial charge in [0.2, 0.25) is 0 Å². The Labute approximate surface area is 130 Å². The summed E-state index contributed by atoms with van der Waals surface area (Å²) in [5.74, 6) is 0. The van der Waals surface area contributed by atoms with Gasteiger partial charge < -0.3 is 50.0 Å². The summed E-state index contributed by atoms with van der Waals surface area (Å²) in [6.45, 7) is -1.85. The van der Waals surface area contributed by atoms with Gasteiger partial charge >= 0.3 is 0 Å². The van der Waals surface area contributed by atoms with Crippen LogP contribution >= 0.6 is 0 Å². The van der Waals surface area contributed by atoms with Crippen LogP contribution in [0, 0.1) is 0 Å². The summed E-state index contributed by atoms with van der Waals surface area (Å²) < 4.78 is 27.9. The summed E-state index contributed by atoms with van der Waals surface area (Å²) in [6.07, 6.45) is -16.3. The van der Waals surface area contributed by atoms with Crippen LogP contribution in [0.25, 0.3) is 0 Å². The average molecular weight is 344 g/mol. The molecule has 0 aliphatic carbocycles. The van der Waals surface area contributed by atoms with E-state index < -0.39 is 74.7 Å². The molecule has 2 fully saturated rings. The summed E-state index contributed by atoms with van der Waals surface area (Å²) in [5, 5.41) is 67.1. The van der Waals surface area contributed by atoms with Gasteiger partial charge in [0.05, 0.1) is 6.61 Å². The standard InChI is InChI=1S/C12H21FO10/c13-1-3-5(15)7(17)9(19)11(21-3)23-12-10(20)8(18)6(16)4(2-14)22-12/h3-12,14-20H,1-2H2/t3?,4?,5-,6-,7?,8?,9?,10?,11-,12-/m1/s1. The topological polar surface area (TPSA) is 169 Å². The SMILES string of the molecule is OCC1O[C@H](O[C@H]2OC(CF)[C@@H](O)C(O)C2O)C(O)C(O)[C@@H]1O. The summed E-state index contributed by atoms with van der Waals surface area (Å²) in [5.41, 5.74) is 0. The molecule has 0 aromatic carbocycles. The second-order valence-corrected chi connectivity index (χ2v) is 5.50. The van der Waals surface area contributed by atoms with Gasteiger partial charge in [-0.05, 0) is 0 Å². The Bertz CT molecular complexity index is 349. The third-order valence-corrected chi connectivity index (χ3v) is 3.94. The number of aliphatic hydroxyl groups excluding tert-OH is 7. The molecule has 10 atom stereocenters. The molecule has 6 unspecified atom stereocenters. The third kappa shape index (κ3) is 3.64. The number of aliphatic hydroxyl groups is 7. The average Bonchev–Trinajstić information content (AvgIpc) is 2.55. The van der Waals surface area contributed by atoms with Crippen molar-refractivity contribution in [2.75, 3.05) is 13.3 Å². The van der Waals surface area contributed by atoms with Gasteiger partial charge in [0.15, 0.2) is 12.6 Å². The molecular weight excluding hydrogens is 323 g/mol. The van der Waals surface area contributed by atoms with E-state index >= 15 is 0 Å². The maximum Gasteiger partial charge on any atom is 0.189 e. The van der Waals surface area contributed by atoms with E-state index in [0.717, 1.165) is 0 Å². The maximum atomic E-state index is 12.8. The van der Waals surface area contributed by atoms with Crippen LogP contribution in [0.1, 0.15) is 0 Å². The van der Waals surface area contributed by atoms with Crippen LogP contribution in [-0.4, -0.2) is 110 Å². The number of alkyl halides is 1. The lowest BCUT2D eigenvalue weighted by Gasteiger charge is -2.44. The van der Waals surface area contributed by atoms with Crippen LogP contribution < -0.4 is 0 Å². The van der Waals surface area contributed by atoms with Crippen molar-refractivity contribution < 1.29 is 54.3 Å². The van der Waals surface area contributed by atoms with Crippen LogP contribution in [0.5, 0.6) is 0 Å². The number of rotatable bonds is 4. The molecule has 0 saturated carbocycles. The number of hydrogen-bond acceptors (Lipinski definition) is 10. The molecule has 11 heteroatoms. The lowest BCUT2D eigenvalue weighted by molar-refractivity contribution is -0.375. The van der Waals surface area contributed by atoms with Gasteiger partial charge in [-0.3, -0.25) is 0 Å². The van der Waals surface area contributed by atoms with E-state index in [0.29, 0.717) is 0 Å². The van der Waals surface area contributed by atoms with Crippen LogP contribution in [-0.2, 0) is 14.2 Å². The van der Waals surface area contributed by atoms with E-state index in [9.17, 15) is 35.0 Å². The predicted octanol–water partition coefficient (Wildman–Crippen LogP) is -4.42. The van der Waals surface area contributed by atoms with E-state index in [1.807, 2.05) is 0 Å². The number of hydrogen-bond donors (Lipinski definition) is 7. The molecule has 136 valence electrons. The molecular formula is C12H21FO10. The molecule has 10 nitrogen and oxygen atoms in total. The first-order valence-corrected chi connectivity index (χ1v) is 7.03. The quantitative estimate of drug-likeness (QED) is 0.264. The Kier molecular flexibility index (Phi) is 6.24. The Morgan fingerprint density at radius 1 is 0.696 bits per heavy atom. The zero-order valence-electron chi connectivity index (χ0n) is 11.9. The van der Waals surface area contributed by atoms with Gasteiger partial charge in [0.25, 0.3) is 0 Å². The summed E-state index contributed by atoms with van der Waals surface area (Å²) in [6, 6.07) is 0. The Morgan fingerprint density at radius 2 is 1.13 bits per heavy atom. The molecule has 2 saturated heterocycles. The van der Waals surface area contributed by atoms with E-state index in [2.05, 4.69) is 0 Å². The van der Waals surface area contributed by atoms with Gasteiger partial charge in [0, 0.05) is 0 Å². The van der Waals surface area contributed by atoms with E-state index in [-0.39, 0.29) is 0 Å². The number of halogens is 1. The van der Waals surface area contributed by atoms with Gasteiger partial charge in [-0.25, -0.2) is 4.39 Å². The van der Waals surface area contributed by atoms with Crippen molar-refractivity contribution in [3.05, 3.63) is 0 Å². The van der Waals surface area contributed by atoms with E-state index in [1.54, 1.807) is 0 Å². The van der Waals surface area contributed by atoms with Gasteiger partial charge in [-0.2, -0.15) is 0 Å². The molecule has 2 rings (SSSR count). The fraction of sp³-hybridized carbons (Fsp3) is 1.00. The second-order valence-electron chi connectivity index (χ2n) is 5.50. The second kappa shape index (κ2) is 7.61. The van der Waals surface area contributed by atoms with Crippen molar-refractivity contribution in [1.82, 2.24) is 0 Å². The monoisotopic (exact) mass is 344 g/mol. The number of ether oxygens (including phenoxy) is 3. The van der Waals surface area contributed by atoms with E-state index in [4.69, 9.17) is 19.3 Å². The fourth-order valence-corrected chi connectivity index (χ4v) is 2.47. The molecule has 0 radical (unpaired) electrons. The van der Waals surface area contributed by atoms with Crippen LogP contribution in [0.3, 0.4) is 0 Å². The molecule has 23 heavy (non-hydrogen) atoms. The Balaban J connectivity index is 2.07. The molecule has 0 aromatic rings. The summed E-state index contributed by atoms with van der Waals surface area (Å²) in [4.78, 5) is 0. The van der Waals surface area contributed by atoms with Crippen molar-refractivity contribution in [3.63, 3.8) is 0 Å². The van der Waals surface area contributed by atoms with Crippen LogP contribution in [0.4, 0.5) is 4.39 Å². The third-order valence-electron chi connectivity index (χ3n) is 3.94. The maximum absolute atomic E-state index is 12.8. The lowest BCUT2D eigenvalue weighted by Crippen LogP contribution is -2.63. The van der Waals surface area contributed by atoms with Crippen molar-refractivity contribution in [2.45, 2.75) is 61.4 Å². The first-order chi connectivity index (χ1) is 10.8. The molecule has 0 spiro atoms.